The predicted octanol–water partition coefficient (Wildman–Crippen LogP) is 4.78. The minimum Gasteiger partial charge on any atom is -0.465 e. The number of pyridine rings is 1. The van der Waals surface area contributed by atoms with Crippen molar-refractivity contribution in [3.05, 3.63) is 77.3 Å². The van der Waals surface area contributed by atoms with E-state index in [0.717, 1.165) is 35.2 Å². The Hall–Kier alpha value is -4.58. The van der Waals surface area contributed by atoms with Crippen molar-refractivity contribution < 1.29 is 9.53 Å². The summed E-state index contributed by atoms with van der Waals surface area (Å²) in [4.78, 5) is 25.9. The van der Waals surface area contributed by atoms with Crippen LogP contribution in [0.15, 0.2) is 54.7 Å². The molecule has 0 saturated heterocycles. The van der Waals surface area contributed by atoms with Crippen molar-refractivity contribution in [2.75, 3.05) is 19.0 Å². The van der Waals surface area contributed by atoms with Crippen LogP contribution in [-0.4, -0.2) is 40.8 Å². The molecule has 0 unspecified atom stereocenters. The van der Waals surface area contributed by atoms with Crippen LogP contribution in [-0.2, 0) is 14.9 Å². The van der Waals surface area contributed by atoms with E-state index in [4.69, 9.17) is 10.1 Å². The summed E-state index contributed by atoms with van der Waals surface area (Å²) < 4.78 is 5.27. The third-order valence-electron chi connectivity index (χ3n) is 6.62. The van der Waals surface area contributed by atoms with Gasteiger partial charge in [-0.3, -0.25) is 14.8 Å². The lowest BCUT2D eigenvalue weighted by Crippen LogP contribution is -2.23. The number of hydrogen-bond donors (Lipinski definition) is 3. The third-order valence-corrected chi connectivity index (χ3v) is 6.62. The van der Waals surface area contributed by atoms with Crippen LogP contribution in [0.1, 0.15) is 62.0 Å². The van der Waals surface area contributed by atoms with E-state index in [9.17, 15) is 10.1 Å². The number of ether oxygens (including phenoxy) is 1. The van der Waals surface area contributed by atoms with Crippen LogP contribution in [0.4, 0.5) is 5.82 Å². The normalized spacial score (nSPS) is 14.2. The van der Waals surface area contributed by atoms with Crippen molar-refractivity contribution >= 4 is 23.6 Å². The van der Waals surface area contributed by atoms with Gasteiger partial charge in [-0.15, -0.1) is 0 Å². The SMILES string of the molecule is CCOC(=O)C1(c2ccc(-c3ccc(/C(C=N)=C(/NC)Nc4cncc(C(C)C)n4)nc3)c(C#N)c2)CC1. The molecule has 0 atom stereocenters. The zero-order valence-corrected chi connectivity index (χ0v) is 22.0. The molecular formula is C29H31N7O2. The lowest BCUT2D eigenvalue weighted by Gasteiger charge is -2.16. The predicted molar refractivity (Wildman–Crippen MR) is 146 cm³/mol. The van der Waals surface area contributed by atoms with Gasteiger partial charge in [-0.05, 0) is 43.4 Å². The molecular weight excluding hydrogens is 478 g/mol. The second-order valence-electron chi connectivity index (χ2n) is 9.40. The molecule has 0 amide bonds. The first-order valence-electron chi connectivity index (χ1n) is 12.6. The Morgan fingerprint density at radius 2 is 2.03 bits per heavy atom. The van der Waals surface area contributed by atoms with Crippen LogP contribution in [0.2, 0.25) is 0 Å². The number of esters is 1. The third kappa shape index (κ3) is 5.25. The van der Waals surface area contributed by atoms with Gasteiger partial charge in [0.15, 0.2) is 0 Å². The maximum absolute atomic E-state index is 12.5. The maximum Gasteiger partial charge on any atom is 0.316 e. The van der Waals surface area contributed by atoms with Gasteiger partial charge >= 0.3 is 5.97 Å². The molecule has 0 bridgehead atoms. The summed E-state index contributed by atoms with van der Waals surface area (Å²) in [5.41, 5.74) is 4.10. The van der Waals surface area contributed by atoms with Gasteiger partial charge in [-0.2, -0.15) is 5.26 Å². The van der Waals surface area contributed by atoms with E-state index in [1.807, 2.05) is 32.0 Å². The molecule has 2 aromatic heterocycles. The molecule has 4 rings (SSSR count). The van der Waals surface area contributed by atoms with Gasteiger partial charge < -0.3 is 20.8 Å². The summed E-state index contributed by atoms with van der Waals surface area (Å²) in [6.07, 6.45) is 7.71. The number of aromatic nitrogens is 3. The molecule has 1 fully saturated rings. The first-order chi connectivity index (χ1) is 18.4. The van der Waals surface area contributed by atoms with Gasteiger partial charge in [0.25, 0.3) is 0 Å². The Kier molecular flexibility index (Phi) is 7.82. The molecule has 38 heavy (non-hydrogen) atoms. The fraction of sp³-hybridized carbons (Fsp3) is 0.310. The molecule has 1 aliphatic rings. The second-order valence-corrected chi connectivity index (χ2v) is 9.40. The molecule has 1 aliphatic carbocycles. The first kappa shape index (κ1) is 26.5. The van der Waals surface area contributed by atoms with E-state index in [0.29, 0.717) is 35.1 Å². The highest BCUT2D eigenvalue weighted by Crippen LogP contribution is 2.50. The highest BCUT2D eigenvalue weighted by Gasteiger charge is 2.52. The fourth-order valence-electron chi connectivity index (χ4n) is 4.29. The number of hydrogen-bond acceptors (Lipinski definition) is 9. The van der Waals surface area contributed by atoms with E-state index in [1.165, 1.54) is 6.21 Å². The molecule has 3 N–H and O–H groups in total. The van der Waals surface area contributed by atoms with Gasteiger partial charge in [-0.25, -0.2) is 4.98 Å². The van der Waals surface area contributed by atoms with Gasteiger partial charge in [-0.1, -0.05) is 32.0 Å². The molecule has 1 aromatic carbocycles. The van der Waals surface area contributed by atoms with Crippen molar-refractivity contribution in [3.63, 3.8) is 0 Å². The summed E-state index contributed by atoms with van der Waals surface area (Å²) in [6, 6.07) is 11.5. The Balaban J connectivity index is 1.63. The number of anilines is 1. The zero-order chi connectivity index (χ0) is 27.3. The Labute approximate surface area is 222 Å². The average Bonchev–Trinajstić information content (AvgIpc) is 3.75. The molecule has 3 aromatic rings. The van der Waals surface area contributed by atoms with Gasteiger partial charge in [0.1, 0.15) is 11.6 Å². The summed E-state index contributed by atoms with van der Waals surface area (Å²) in [7, 11) is 1.75. The minimum absolute atomic E-state index is 0.232. The standard InChI is InChI=1S/C29H31N7O2/c1-5-38-28(37)29(10-11-29)21-7-8-22(20(12-21)13-30)19-6-9-24(34-15-19)23(14-31)27(32-4)36-26-17-33-16-25(35-26)18(2)3/h6-9,12,14-18,31-32H,5,10-11H2,1-4H3,(H,35,36)/b27-23-,31-14?. The molecule has 1 saturated carbocycles. The zero-order valence-electron chi connectivity index (χ0n) is 22.0. The number of nitrogens with one attached hydrogen (secondary N) is 3. The van der Waals surface area contributed by atoms with Crippen molar-refractivity contribution in [2.45, 2.75) is 44.9 Å². The van der Waals surface area contributed by atoms with E-state index >= 15 is 0 Å². The molecule has 9 heteroatoms. The van der Waals surface area contributed by atoms with E-state index in [-0.39, 0.29) is 11.9 Å². The van der Waals surface area contributed by atoms with Crippen LogP contribution in [0.3, 0.4) is 0 Å². The second kappa shape index (κ2) is 11.2. The fourth-order valence-corrected chi connectivity index (χ4v) is 4.29. The van der Waals surface area contributed by atoms with Crippen LogP contribution in [0.5, 0.6) is 0 Å². The topological polar surface area (TPSA) is 137 Å². The Morgan fingerprint density at radius 3 is 2.61 bits per heavy atom. The van der Waals surface area contributed by atoms with Crippen LogP contribution < -0.4 is 10.6 Å². The Morgan fingerprint density at radius 1 is 1.24 bits per heavy atom. The molecule has 0 aliphatic heterocycles. The molecule has 0 spiro atoms. The van der Waals surface area contributed by atoms with Gasteiger partial charge in [0, 0.05) is 36.8 Å². The van der Waals surface area contributed by atoms with Crippen molar-refractivity contribution in [2.24, 2.45) is 0 Å². The first-order valence-corrected chi connectivity index (χ1v) is 12.6. The summed E-state index contributed by atoms with van der Waals surface area (Å²) in [5.74, 6) is 1.12. The number of allylic oxidation sites excluding steroid dienone is 1. The maximum atomic E-state index is 12.5. The van der Waals surface area contributed by atoms with Crippen molar-refractivity contribution in [1.82, 2.24) is 20.3 Å². The average molecular weight is 510 g/mol. The lowest BCUT2D eigenvalue weighted by molar-refractivity contribution is -0.146. The largest absolute Gasteiger partial charge is 0.465 e. The highest BCUT2D eigenvalue weighted by molar-refractivity contribution is 6.09. The Bertz CT molecular complexity index is 1420. The monoisotopic (exact) mass is 509 g/mol. The van der Waals surface area contributed by atoms with E-state index in [1.54, 1.807) is 44.7 Å². The molecule has 194 valence electrons. The molecule has 0 radical (unpaired) electrons. The molecule has 2 heterocycles. The number of carbonyl (C=O) groups is 1. The number of carbonyl (C=O) groups excluding carboxylic acids is 1. The number of nitriles is 1. The van der Waals surface area contributed by atoms with Gasteiger partial charge in [0.2, 0.25) is 0 Å². The van der Waals surface area contributed by atoms with Crippen LogP contribution in [0, 0.1) is 16.7 Å². The quantitative estimate of drug-likeness (QED) is 0.262. The van der Waals surface area contributed by atoms with Crippen LogP contribution >= 0.6 is 0 Å². The smallest absolute Gasteiger partial charge is 0.316 e. The summed E-state index contributed by atoms with van der Waals surface area (Å²) in [6.45, 7) is 6.22. The van der Waals surface area contributed by atoms with Crippen LogP contribution in [0.25, 0.3) is 16.7 Å². The highest BCUT2D eigenvalue weighted by atomic mass is 16.5. The number of benzene rings is 1. The van der Waals surface area contributed by atoms with E-state index < -0.39 is 5.41 Å². The minimum atomic E-state index is -0.637. The van der Waals surface area contributed by atoms with E-state index in [2.05, 4.69) is 31.7 Å². The van der Waals surface area contributed by atoms with Crippen molar-refractivity contribution in [3.8, 4) is 17.2 Å². The number of rotatable bonds is 10. The lowest BCUT2D eigenvalue weighted by atomic mass is 9.91. The summed E-state index contributed by atoms with van der Waals surface area (Å²) in [5, 5.41) is 24.2. The number of nitrogens with zero attached hydrogens (tertiary/aromatic N) is 4. The van der Waals surface area contributed by atoms with Gasteiger partial charge in [0.05, 0.1) is 46.8 Å². The van der Waals surface area contributed by atoms with Crippen molar-refractivity contribution in [1.29, 1.82) is 10.7 Å². The summed E-state index contributed by atoms with van der Waals surface area (Å²) >= 11 is 0. The molecule has 9 nitrogen and oxygen atoms in total.